The molecule has 2 aromatic heterocycles. The molecule has 2 aliphatic rings. The van der Waals surface area contributed by atoms with Crippen molar-refractivity contribution in [3.63, 3.8) is 0 Å². The molecule has 0 radical (unpaired) electrons. The minimum Gasteiger partial charge on any atom is -0.356 e. The van der Waals surface area contributed by atoms with Crippen molar-refractivity contribution in [1.82, 2.24) is 29.6 Å². The molecule has 0 bridgehead atoms. The zero-order valence-corrected chi connectivity index (χ0v) is 15.9. The van der Waals surface area contributed by atoms with Crippen LogP contribution in [0.1, 0.15) is 55.5 Å². The van der Waals surface area contributed by atoms with Gasteiger partial charge in [0.05, 0.1) is 6.54 Å². The smallest absolute Gasteiger partial charge is 0.146 e. The molecule has 2 aromatic rings. The average Bonchev–Trinajstić information content (AvgIpc) is 3.03. The average molecular weight is 355 g/mol. The van der Waals surface area contributed by atoms with E-state index in [-0.39, 0.29) is 0 Å². The summed E-state index contributed by atoms with van der Waals surface area (Å²) in [7, 11) is 2.13. The van der Waals surface area contributed by atoms with Gasteiger partial charge in [-0.15, -0.1) is 10.2 Å². The Morgan fingerprint density at radius 2 is 1.92 bits per heavy atom. The van der Waals surface area contributed by atoms with Crippen molar-refractivity contribution < 1.29 is 0 Å². The summed E-state index contributed by atoms with van der Waals surface area (Å²) >= 11 is 0. The van der Waals surface area contributed by atoms with Crippen LogP contribution in [0.2, 0.25) is 0 Å². The largest absolute Gasteiger partial charge is 0.356 e. The summed E-state index contributed by atoms with van der Waals surface area (Å²) in [5.74, 6) is 4.47. The zero-order valence-electron chi connectivity index (χ0n) is 15.9. The van der Waals surface area contributed by atoms with Crippen molar-refractivity contribution in [2.45, 2.75) is 51.5 Å². The summed E-state index contributed by atoms with van der Waals surface area (Å²) in [6.07, 6.45) is 8.14. The third-order valence-corrected chi connectivity index (χ3v) is 5.68. The molecule has 0 aromatic carbocycles. The van der Waals surface area contributed by atoms with E-state index < -0.39 is 0 Å². The minimum atomic E-state index is 0.409. The lowest BCUT2D eigenvalue weighted by atomic mass is 9.97. The predicted molar refractivity (Wildman–Crippen MR) is 101 cm³/mol. The lowest BCUT2D eigenvalue weighted by Gasteiger charge is -2.33. The van der Waals surface area contributed by atoms with E-state index in [1.165, 1.54) is 32.4 Å². The van der Waals surface area contributed by atoms with Crippen LogP contribution in [0.25, 0.3) is 0 Å². The van der Waals surface area contributed by atoms with E-state index in [9.17, 15) is 0 Å². The van der Waals surface area contributed by atoms with Crippen LogP contribution in [0.5, 0.6) is 0 Å². The van der Waals surface area contributed by atoms with Crippen LogP contribution in [0.15, 0.2) is 12.3 Å². The van der Waals surface area contributed by atoms with Crippen molar-refractivity contribution in [2.24, 2.45) is 7.05 Å². The van der Waals surface area contributed by atoms with Crippen molar-refractivity contribution in [2.75, 3.05) is 31.1 Å². The zero-order chi connectivity index (χ0) is 17.9. The quantitative estimate of drug-likeness (QED) is 0.838. The minimum absolute atomic E-state index is 0.409. The number of rotatable bonds is 4. The standard InChI is InChI=1S/C19H29N7/c1-15-20-9-8-17(21-15)26-12-6-7-16(13-26)19-23-22-18(24(19)2)14-25-10-4-3-5-11-25/h8-9,16H,3-7,10-14H2,1-2H3/t16-/m1/s1. The van der Waals surface area contributed by atoms with Crippen LogP contribution >= 0.6 is 0 Å². The molecule has 0 N–H and O–H groups in total. The normalized spacial score (nSPS) is 21.9. The fraction of sp³-hybridized carbons (Fsp3) is 0.684. The van der Waals surface area contributed by atoms with Gasteiger partial charge in [0.2, 0.25) is 0 Å². The maximum atomic E-state index is 4.60. The second kappa shape index (κ2) is 7.70. The van der Waals surface area contributed by atoms with E-state index in [1.807, 2.05) is 19.2 Å². The van der Waals surface area contributed by atoms with Crippen LogP contribution in [0, 0.1) is 6.92 Å². The van der Waals surface area contributed by atoms with Gasteiger partial charge in [-0.3, -0.25) is 4.90 Å². The highest BCUT2D eigenvalue weighted by molar-refractivity contribution is 5.38. The first kappa shape index (κ1) is 17.4. The number of hydrogen-bond acceptors (Lipinski definition) is 6. The molecule has 4 rings (SSSR count). The number of aromatic nitrogens is 5. The number of anilines is 1. The SMILES string of the molecule is Cc1nccc(N2CCC[C@@H](c3nnc(CN4CCCCC4)n3C)C2)n1. The third-order valence-electron chi connectivity index (χ3n) is 5.68. The topological polar surface area (TPSA) is 63.0 Å². The fourth-order valence-electron chi connectivity index (χ4n) is 4.20. The first-order valence-electron chi connectivity index (χ1n) is 9.86. The van der Waals surface area contributed by atoms with E-state index in [2.05, 4.69) is 41.6 Å². The van der Waals surface area contributed by atoms with Gasteiger partial charge in [-0.05, 0) is 51.8 Å². The molecule has 1 atom stereocenters. The van der Waals surface area contributed by atoms with E-state index in [1.54, 1.807) is 0 Å². The summed E-state index contributed by atoms with van der Waals surface area (Å²) in [6, 6.07) is 2.01. The van der Waals surface area contributed by atoms with Gasteiger partial charge in [-0.25, -0.2) is 9.97 Å². The number of aryl methyl sites for hydroxylation is 1. The molecule has 0 spiro atoms. The van der Waals surface area contributed by atoms with E-state index in [0.717, 1.165) is 55.8 Å². The molecule has 7 nitrogen and oxygen atoms in total. The first-order chi connectivity index (χ1) is 12.7. The number of piperidine rings is 2. The maximum absolute atomic E-state index is 4.60. The van der Waals surface area contributed by atoms with Crippen LogP contribution in [0.4, 0.5) is 5.82 Å². The first-order valence-corrected chi connectivity index (χ1v) is 9.86. The van der Waals surface area contributed by atoms with Crippen LogP contribution in [0.3, 0.4) is 0 Å². The molecular formula is C19H29N7. The maximum Gasteiger partial charge on any atom is 0.146 e. The van der Waals surface area contributed by atoms with Gasteiger partial charge in [-0.1, -0.05) is 6.42 Å². The Morgan fingerprint density at radius 1 is 1.08 bits per heavy atom. The molecule has 0 saturated carbocycles. The molecule has 4 heterocycles. The lowest BCUT2D eigenvalue weighted by Crippen LogP contribution is -2.36. The van der Waals surface area contributed by atoms with E-state index in [0.29, 0.717) is 5.92 Å². The summed E-state index contributed by atoms with van der Waals surface area (Å²) in [5.41, 5.74) is 0. The second-order valence-corrected chi connectivity index (χ2v) is 7.62. The van der Waals surface area contributed by atoms with Crippen LogP contribution < -0.4 is 4.90 Å². The molecule has 0 aliphatic carbocycles. The molecule has 2 saturated heterocycles. The van der Waals surface area contributed by atoms with E-state index in [4.69, 9.17) is 0 Å². The van der Waals surface area contributed by atoms with Gasteiger partial charge in [0.25, 0.3) is 0 Å². The summed E-state index contributed by atoms with van der Waals surface area (Å²) in [5, 5.41) is 9.10. The third kappa shape index (κ3) is 3.72. The fourth-order valence-corrected chi connectivity index (χ4v) is 4.20. The monoisotopic (exact) mass is 355 g/mol. The number of hydrogen-bond donors (Lipinski definition) is 0. The van der Waals surface area contributed by atoms with Gasteiger partial charge in [0, 0.05) is 32.3 Å². The highest BCUT2D eigenvalue weighted by Gasteiger charge is 2.27. The van der Waals surface area contributed by atoms with Crippen molar-refractivity contribution in [3.05, 3.63) is 29.7 Å². The Kier molecular flexibility index (Phi) is 5.15. The Bertz CT molecular complexity index is 735. The highest BCUT2D eigenvalue weighted by Crippen LogP contribution is 2.28. The molecule has 2 fully saturated rings. The number of nitrogens with zero attached hydrogens (tertiary/aromatic N) is 7. The Labute approximate surface area is 155 Å². The Hall–Kier alpha value is -2.02. The van der Waals surface area contributed by atoms with Gasteiger partial charge < -0.3 is 9.47 Å². The van der Waals surface area contributed by atoms with Crippen LogP contribution in [-0.4, -0.2) is 55.8 Å². The van der Waals surface area contributed by atoms with Crippen molar-refractivity contribution in [1.29, 1.82) is 0 Å². The molecule has 2 aliphatic heterocycles. The summed E-state index contributed by atoms with van der Waals surface area (Å²) < 4.78 is 2.23. The summed E-state index contributed by atoms with van der Waals surface area (Å²) in [6.45, 7) is 7.24. The highest BCUT2D eigenvalue weighted by atomic mass is 15.3. The Morgan fingerprint density at radius 3 is 2.73 bits per heavy atom. The molecule has 0 unspecified atom stereocenters. The van der Waals surface area contributed by atoms with E-state index >= 15 is 0 Å². The summed E-state index contributed by atoms with van der Waals surface area (Å²) in [4.78, 5) is 13.7. The van der Waals surface area contributed by atoms with Gasteiger partial charge >= 0.3 is 0 Å². The second-order valence-electron chi connectivity index (χ2n) is 7.62. The molecular weight excluding hydrogens is 326 g/mol. The lowest BCUT2D eigenvalue weighted by molar-refractivity contribution is 0.213. The molecule has 26 heavy (non-hydrogen) atoms. The molecule has 7 heteroatoms. The van der Waals surface area contributed by atoms with Gasteiger partial charge in [0.15, 0.2) is 0 Å². The number of likely N-dealkylation sites (tertiary alicyclic amines) is 1. The van der Waals surface area contributed by atoms with Crippen molar-refractivity contribution in [3.8, 4) is 0 Å². The Balaban J connectivity index is 1.46. The van der Waals surface area contributed by atoms with Crippen molar-refractivity contribution >= 4 is 5.82 Å². The predicted octanol–water partition coefficient (Wildman–Crippen LogP) is 2.28. The molecule has 0 amide bonds. The van der Waals surface area contributed by atoms with Gasteiger partial charge in [0.1, 0.15) is 23.3 Å². The molecule has 140 valence electrons. The van der Waals surface area contributed by atoms with Crippen LogP contribution in [-0.2, 0) is 13.6 Å². The van der Waals surface area contributed by atoms with Gasteiger partial charge in [-0.2, -0.15) is 0 Å².